The molecule has 1 aromatic rings. The number of hydrogen-bond donors (Lipinski definition) is 0. The van der Waals surface area contributed by atoms with Gasteiger partial charge in [0.1, 0.15) is 0 Å². The summed E-state index contributed by atoms with van der Waals surface area (Å²) in [5, 5.41) is 0. The van der Waals surface area contributed by atoms with Gasteiger partial charge in [-0.3, -0.25) is 4.90 Å². The second kappa shape index (κ2) is 9.73. The number of allylic oxidation sites excluding steroid dienone is 3. The summed E-state index contributed by atoms with van der Waals surface area (Å²) >= 11 is 0. The summed E-state index contributed by atoms with van der Waals surface area (Å²) in [5.74, 6) is 0. The highest BCUT2D eigenvalue weighted by atomic mass is 31.1. The van der Waals surface area contributed by atoms with Crippen molar-refractivity contribution in [1.29, 1.82) is 0 Å². The summed E-state index contributed by atoms with van der Waals surface area (Å²) in [6, 6.07) is 11.6. The highest BCUT2D eigenvalue weighted by Gasteiger charge is 2.39. The summed E-state index contributed by atoms with van der Waals surface area (Å²) < 4.78 is 0. The largest absolute Gasteiger partial charge is 0.299 e. The second-order valence-electron chi connectivity index (χ2n) is 9.30. The van der Waals surface area contributed by atoms with Gasteiger partial charge in [0.05, 0.1) is 6.04 Å². The molecule has 2 fully saturated rings. The zero-order valence-electron chi connectivity index (χ0n) is 17.9. The van der Waals surface area contributed by atoms with E-state index in [1.807, 2.05) is 0 Å². The standard InChI is InChI=1S/C26H38NP/c1-27(2)26(21-13-6-3-7-14-21)24-19-12-20-25(24)28(22-15-8-4-9-16-22)23-17-10-5-11-18-23/h3,6-7,12-14,19-20,22-23,25-26H,4-5,8-11,15-18H2,1-2H3/t25?,26-/m1/s1. The van der Waals surface area contributed by atoms with Crippen LogP contribution in [0, 0.1) is 0 Å². The lowest BCUT2D eigenvalue weighted by atomic mass is 9.96. The number of nitrogens with zero attached hydrogens (tertiary/aromatic N) is 1. The maximum absolute atomic E-state index is 2.60. The Labute approximate surface area is 174 Å². The number of likely N-dealkylation sites (N-methyl/N-ethyl adjacent to an activating group) is 1. The van der Waals surface area contributed by atoms with Gasteiger partial charge in [-0.25, -0.2) is 0 Å². The molecular weight excluding hydrogens is 357 g/mol. The topological polar surface area (TPSA) is 3.24 Å². The smallest absolute Gasteiger partial charge is 0.0568 e. The third-order valence-electron chi connectivity index (χ3n) is 7.18. The van der Waals surface area contributed by atoms with Crippen molar-refractivity contribution in [2.45, 2.75) is 87.2 Å². The maximum Gasteiger partial charge on any atom is 0.0568 e. The van der Waals surface area contributed by atoms with Gasteiger partial charge in [0.15, 0.2) is 0 Å². The van der Waals surface area contributed by atoms with Gasteiger partial charge in [-0.15, -0.1) is 0 Å². The van der Waals surface area contributed by atoms with E-state index in [0.29, 0.717) is 11.7 Å². The molecule has 2 atom stereocenters. The van der Waals surface area contributed by atoms with Crippen LogP contribution in [0.1, 0.15) is 75.8 Å². The molecule has 1 nitrogen and oxygen atoms in total. The molecule has 2 heteroatoms. The van der Waals surface area contributed by atoms with Crippen LogP contribution in [0.25, 0.3) is 0 Å². The van der Waals surface area contributed by atoms with Crippen LogP contribution in [-0.4, -0.2) is 36.0 Å². The Morgan fingerprint density at radius 2 is 1.39 bits per heavy atom. The van der Waals surface area contributed by atoms with Gasteiger partial charge in [0, 0.05) is 5.66 Å². The SMILES string of the molecule is CN(C)[C@@H](C1=CC=CC1P(C1CCCCC1)C1CCCCC1)c1ccccc1. The van der Waals surface area contributed by atoms with Crippen molar-refractivity contribution in [2.75, 3.05) is 14.1 Å². The summed E-state index contributed by atoms with van der Waals surface area (Å²) in [6.07, 6.45) is 22.3. The molecule has 0 N–H and O–H groups in total. The van der Waals surface area contributed by atoms with E-state index in [9.17, 15) is 0 Å². The molecular formula is C26H38NP. The fourth-order valence-corrected chi connectivity index (χ4v) is 10.2. The molecule has 0 aromatic heterocycles. The van der Waals surface area contributed by atoms with Crippen LogP contribution in [0.5, 0.6) is 0 Å². The van der Waals surface area contributed by atoms with Crippen molar-refractivity contribution in [3.63, 3.8) is 0 Å². The molecule has 4 rings (SSSR count). The van der Waals surface area contributed by atoms with Crippen LogP contribution >= 0.6 is 7.92 Å². The normalized spacial score (nSPS) is 25.4. The monoisotopic (exact) mass is 395 g/mol. The average molecular weight is 396 g/mol. The Morgan fingerprint density at radius 1 is 0.821 bits per heavy atom. The minimum atomic E-state index is 0.0332. The van der Waals surface area contributed by atoms with E-state index in [1.54, 1.807) is 5.57 Å². The summed E-state index contributed by atoms with van der Waals surface area (Å²) in [7, 11) is 4.56. The van der Waals surface area contributed by atoms with Crippen LogP contribution in [-0.2, 0) is 0 Å². The highest BCUT2D eigenvalue weighted by molar-refractivity contribution is 7.60. The molecule has 0 amide bonds. The van der Waals surface area contributed by atoms with E-state index in [2.05, 4.69) is 67.6 Å². The Balaban J connectivity index is 1.64. The molecule has 0 aliphatic heterocycles. The van der Waals surface area contributed by atoms with Crippen molar-refractivity contribution in [1.82, 2.24) is 4.90 Å². The summed E-state index contributed by atoms with van der Waals surface area (Å²) in [5.41, 5.74) is 5.84. The van der Waals surface area contributed by atoms with Crippen molar-refractivity contribution in [2.24, 2.45) is 0 Å². The molecule has 3 aliphatic rings. The van der Waals surface area contributed by atoms with E-state index in [1.165, 1.54) is 69.8 Å². The maximum atomic E-state index is 2.60. The first-order valence-electron chi connectivity index (χ1n) is 11.6. The quantitative estimate of drug-likeness (QED) is 0.457. The lowest BCUT2D eigenvalue weighted by Gasteiger charge is -2.44. The lowest BCUT2D eigenvalue weighted by molar-refractivity contribution is 0.335. The minimum Gasteiger partial charge on any atom is -0.299 e. The van der Waals surface area contributed by atoms with Gasteiger partial charge in [-0.05, 0) is 62.2 Å². The van der Waals surface area contributed by atoms with Crippen molar-refractivity contribution in [3.8, 4) is 0 Å². The van der Waals surface area contributed by atoms with E-state index in [-0.39, 0.29) is 7.92 Å². The van der Waals surface area contributed by atoms with E-state index in [0.717, 1.165) is 11.3 Å². The predicted molar refractivity (Wildman–Crippen MR) is 125 cm³/mol. The zero-order chi connectivity index (χ0) is 19.3. The Kier molecular flexibility index (Phi) is 7.08. The average Bonchev–Trinajstić information content (AvgIpc) is 3.19. The molecule has 152 valence electrons. The molecule has 0 saturated heterocycles. The van der Waals surface area contributed by atoms with Gasteiger partial charge in [0.2, 0.25) is 0 Å². The third-order valence-corrected chi connectivity index (χ3v) is 11.0. The third kappa shape index (κ3) is 4.47. The zero-order valence-corrected chi connectivity index (χ0v) is 18.8. The molecule has 2 saturated carbocycles. The van der Waals surface area contributed by atoms with Crippen molar-refractivity contribution < 1.29 is 0 Å². The van der Waals surface area contributed by atoms with Crippen LogP contribution in [0.15, 0.2) is 54.1 Å². The number of benzene rings is 1. The van der Waals surface area contributed by atoms with E-state index >= 15 is 0 Å². The minimum absolute atomic E-state index is 0.0332. The van der Waals surface area contributed by atoms with Gasteiger partial charge >= 0.3 is 0 Å². The molecule has 0 radical (unpaired) electrons. The summed E-state index contributed by atoms with van der Waals surface area (Å²) in [6.45, 7) is 0. The van der Waals surface area contributed by atoms with E-state index in [4.69, 9.17) is 0 Å². The fourth-order valence-electron chi connectivity index (χ4n) is 5.94. The molecule has 0 heterocycles. The first kappa shape index (κ1) is 20.4. The molecule has 0 spiro atoms. The Hall–Kier alpha value is -0.910. The first-order chi connectivity index (χ1) is 13.8. The molecule has 1 aromatic carbocycles. The van der Waals surface area contributed by atoms with Crippen LogP contribution in [0.2, 0.25) is 0 Å². The Bertz CT molecular complexity index is 647. The second-order valence-corrected chi connectivity index (χ2v) is 12.2. The van der Waals surface area contributed by atoms with Crippen LogP contribution in [0.4, 0.5) is 0 Å². The van der Waals surface area contributed by atoms with Crippen molar-refractivity contribution >= 4 is 7.92 Å². The fraction of sp³-hybridized carbons (Fsp3) is 0.615. The van der Waals surface area contributed by atoms with Crippen LogP contribution < -0.4 is 0 Å². The molecule has 0 bridgehead atoms. The number of hydrogen-bond acceptors (Lipinski definition) is 1. The predicted octanol–water partition coefficient (Wildman–Crippen LogP) is 7.30. The summed E-state index contributed by atoms with van der Waals surface area (Å²) in [4.78, 5) is 2.44. The van der Waals surface area contributed by atoms with Gasteiger partial charge < -0.3 is 0 Å². The number of rotatable bonds is 6. The molecule has 28 heavy (non-hydrogen) atoms. The lowest BCUT2D eigenvalue weighted by Crippen LogP contribution is -2.31. The van der Waals surface area contributed by atoms with Crippen LogP contribution in [0.3, 0.4) is 0 Å². The highest BCUT2D eigenvalue weighted by Crippen LogP contribution is 2.62. The van der Waals surface area contributed by atoms with Gasteiger partial charge in [-0.1, -0.05) is 95.0 Å². The van der Waals surface area contributed by atoms with E-state index < -0.39 is 0 Å². The molecule has 1 unspecified atom stereocenters. The Morgan fingerprint density at radius 3 is 1.93 bits per heavy atom. The molecule has 3 aliphatic carbocycles. The van der Waals surface area contributed by atoms with Crippen molar-refractivity contribution in [3.05, 3.63) is 59.7 Å². The van der Waals surface area contributed by atoms with Gasteiger partial charge in [0.25, 0.3) is 0 Å². The van der Waals surface area contributed by atoms with Gasteiger partial charge in [-0.2, -0.15) is 0 Å². The first-order valence-corrected chi connectivity index (χ1v) is 13.2.